The molecule has 0 aromatic heterocycles. The van der Waals surface area contributed by atoms with Gasteiger partial charge in [0.2, 0.25) is 0 Å². The molecular formula is C24H33KO5S. The summed E-state index contributed by atoms with van der Waals surface area (Å²) in [4.78, 5) is -0.130. The molecule has 0 aliphatic carbocycles. The van der Waals surface area contributed by atoms with E-state index in [9.17, 15) is 18.1 Å². The Morgan fingerprint density at radius 2 is 1.42 bits per heavy atom. The summed E-state index contributed by atoms with van der Waals surface area (Å²) in [6, 6.07) is 10.6. The molecule has 0 atom stereocenters. The summed E-state index contributed by atoms with van der Waals surface area (Å²) in [6.07, 6.45) is 12.6. The van der Waals surface area contributed by atoms with Gasteiger partial charge >= 0.3 is 51.4 Å². The van der Waals surface area contributed by atoms with Gasteiger partial charge in [-0.3, -0.25) is 4.55 Å². The summed E-state index contributed by atoms with van der Waals surface area (Å²) < 4.78 is 38.9. The Labute approximate surface area is 229 Å². The normalized spacial score (nSPS) is 11.2. The molecule has 0 bridgehead atoms. The first-order valence-electron chi connectivity index (χ1n) is 11.0. The van der Waals surface area contributed by atoms with Crippen LogP contribution in [-0.2, 0) is 16.5 Å². The molecule has 0 heterocycles. The second-order valence-corrected chi connectivity index (χ2v) is 9.14. The molecule has 2 aromatic carbocycles. The third-order valence-electron chi connectivity index (χ3n) is 5.16. The van der Waals surface area contributed by atoms with Crippen LogP contribution in [-0.4, -0.2) is 13.0 Å². The Hall–Kier alpha value is -0.414. The van der Waals surface area contributed by atoms with Gasteiger partial charge in [0, 0.05) is 6.07 Å². The average Bonchev–Trinajstić information content (AvgIpc) is 2.69. The first-order valence-corrected chi connectivity index (χ1v) is 12.4. The Bertz CT molecular complexity index is 883. The van der Waals surface area contributed by atoms with Crippen molar-refractivity contribution >= 4 is 10.1 Å². The van der Waals surface area contributed by atoms with Gasteiger partial charge in [0.05, 0.1) is 0 Å². The minimum atomic E-state index is -4.36. The van der Waals surface area contributed by atoms with Crippen molar-refractivity contribution < 1.29 is 74.2 Å². The molecule has 0 aliphatic rings. The number of benzene rings is 2. The fraction of sp³-hybridized carbons (Fsp3) is 0.500. The van der Waals surface area contributed by atoms with E-state index in [2.05, 4.69) is 6.92 Å². The van der Waals surface area contributed by atoms with Crippen LogP contribution in [0.5, 0.6) is 17.2 Å². The SMILES string of the molecule is CCCCCCCCCCCCc1ccc(Oc2cccc([O-])c2)cc1S(=O)(=O)O.[K+]. The standard InChI is InChI=1S/C24H34O5S.K/c1-2-3-4-5-6-7-8-9-10-11-13-20-16-17-23(19-24(20)30(26,27)28)29-22-15-12-14-21(25)18-22;/h12,14-19,25H,2-11,13H2,1H3,(H,26,27,28);/q;+1/p-1. The van der Waals surface area contributed by atoms with E-state index in [-0.39, 0.29) is 67.8 Å². The molecule has 0 radical (unpaired) electrons. The van der Waals surface area contributed by atoms with Crippen LogP contribution >= 0.6 is 0 Å². The summed E-state index contributed by atoms with van der Waals surface area (Å²) in [5, 5.41) is 11.4. The second-order valence-electron chi connectivity index (χ2n) is 7.75. The van der Waals surface area contributed by atoms with Gasteiger partial charge in [-0.25, -0.2) is 0 Å². The second kappa shape index (κ2) is 15.4. The first-order chi connectivity index (χ1) is 14.4. The molecule has 2 aromatic rings. The topological polar surface area (TPSA) is 86.7 Å². The predicted molar refractivity (Wildman–Crippen MR) is 118 cm³/mol. The van der Waals surface area contributed by atoms with E-state index in [1.54, 1.807) is 24.3 Å². The van der Waals surface area contributed by atoms with E-state index < -0.39 is 10.1 Å². The van der Waals surface area contributed by atoms with Gasteiger partial charge in [-0.2, -0.15) is 8.42 Å². The maximum Gasteiger partial charge on any atom is 1.00 e. The van der Waals surface area contributed by atoms with Gasteiger partial charge in [0.15, 0.2) is 0 Å². The van der Waals surface area contributed by atoms with Crippen LogP contribution in [0.2, 0.25) is 0 Å². The number of rotatable bonds is 14. The monoisotopic (exact) mass is 472 g/mol. The number of hydrogen-bond donors (Lipinski definition) is 1. The molecule has 166 valence electrons. The Kier molecular flexibility index (Phi) is 14.2. The fourth-order valence-corrected chi connectivity index (χ4v) is 4.29. The molecule has 5 nitrogen and oxygen atoms in total. The Balaban J connectivity index is 0.00000480. The van der Waals surface area contributed by atoms with E-state index in [1.165, 1.54) is 63.1 Å². The number of ether oxygens (including phenoxy) is 1. The Morgan fingerprint density at radius 3 is 2.00 bits per heavy atom. The van der Waals surface area contributed by atoms with Crippen LogP contribution in [0.3, 0.4) is 0 Å². The molecule has 1 N–H and O–H groups in total. The Morgan fingerprint density at radius 1 is 0.839 bits per heavy atom. The summed E-state index contributed by atoms with van der Waals surface area (Å²) in [6.45, 7) is 2.22. The zero-order valence-electron chi connectivity index (χ0n) is 18.8. The molecule has 7 heteroatoms. The summed E-state index contributed by atoms with van der Waals surface area (Å²) >= 11 is 0. The minimum Gasteiger partial charge on any atom is -0.872 e. The van der Waals surface area contributed by atoms with Gasteiger partial charge in [0.1, 0.15) is 16.4 Å². The number of aryl methyl sites for hydroxylation is 1. The largest absolute Gasteiger partial charge is 1.00 e. The zero-order valence-corrected chi connectivity index (χ0v) is 22.7. The maximum absolute atomic E-state index is 11.8. The summed E-state index contributed by atoms with van der Waals surface area (Å²) in [5.74, 6) is 0.395. The predicted octanol–water partition coefficient (Wildman–Crippen LogP) is 3.27. The van der Waals surface area contributed by atoms with E-state index in [1.807, 2.05) is 0 Å². The zero-order chi connectivity index (χ0) is 21.8. The fourth-order valence-electron chi connectivity index (χ4n) is 3.52. The molecule has 0 fully saturated rings. The van der Waals surface area contributed by atoms with Crippen molar-refractivity contribution in [3.8, 4) is 17.2 Å². The summed E-state index contributed by atoms with van der Waals surface area (Å²) in [5.41, 5.74) is 0.585. The molecule has 0 aliphatic heterocycles. The number of unbranched alkanes of at least 4 members (excludes halogenated alkanes) is 9. The van der Waals surface area contributed by atoms with E-state index >= 15 is 0 Å². The van der Waals surface area contributed by atoms with Crippen LogP contribution in [0.15, 0.2) is 47.4 Å². The molecule has 0 spiro atoms. The van der Waals surface area contributed by atoms with E-state index in [0.717, 1.165) is 19.3 Å². The van der Waals surface area contributed by atoms with Crippen molar-refractivity contribution in [2.75, 3.05) is 0 Å². The summed E-state index contributed by atoms with van der Waals surface area (Å²) in [7, 11) is -4.36. The van der Waals surface area contributed by atoms with Crippen LogP contribution in [0.4, 0.5) is 0 Å². The van der Waals surface area contributed by atoms with Gasteiger partial charge in [-0.1, -0.05) is 82.9 Å². The van der Waals surface area contributed by atoms with Gasteiger partial charge in [-0.05, 0) is 36.6 Å². The molecule has 2 rings (SSSR count). The third kappa shape index (κ3) is 11.3. The molecule has 31 heavy (non-hydrogen) atoms. The maximum atomic E-state index is 11.8. The van der Waals surface area contributed by atoms with Crippen molar-refractivity contribution in [3.05, 3.63) is 48.0 Å². The van der Waals surface area contributed by atoms with Crippen LogP contribution in [0.25, 0.3) is 0 Å². The third-order valence-corrected chi connectivity index (χ3v) is 6.09. The first kappa shape index (κ1) is 28.6. The van der Waals surface area contributed by atoms with Crippen molar-refractivity contribution in [3.63, 3.8) is 0 Å². The van der Waals surface area contributed by atoms with Crippen molar-refractivity contribution in [1.82, 2.24) is 0 Å². The van der Waals surface area contributed by atoms with Crippen LogP contribution < -0.4 is 61.2 Å². The number of hydrogen-bond acceptors (Lipinski definition) is 4. The van der Waals surface area contributed by atoms with Gasteiger partial charge in [0.25, 0.3) is 10.1 Å². The average molecular weight is 473 g/mol. The van der Waals surface area contributed by atoms with Gasteiger partial charge < -0.3 is 9.84 Å². The van der Waals surface area contributed by atoms with Crippen molar-refractivity contribution in [2.24, 2.45) is 0 Å². The van der Waals surface area contributed by atoms with Crippen molar-refractivity contribution in [2.45, 2.75) is 82.4 Å². The molecule has 0 saturated heterocycles. The molecule has 0 unspecified atom stereocenters. The minimum absolute atomic E-state index is 0. The molecular weight excluding hydrogens is 439 g/mol. The smallest absolute Gasteiger partial charge is 0.872 e. The molecule has 0 amide bonds. The van der Waals surface area contributed by atoms with Crippen LogP contribution in [0, 0.1) is 0 Å². The quantitative estimate of drug-likeness (QED) is 0.259. The van der Waals surface area contributed by atoms with E-state index in [0.29, 0.717) is 17.7 Å². The molecule has 0 saturated carbocycles. The van der Waals surface area contributed by atoms with E-state index in [4.69, 9.17) is 4.74 Å². The van der Waals surface area contributed by atoms with Gasteiger partial charge in [-0.15, -0.1) is 5.75 Å². The van der Waals surface area contributed by atoms with Crippen LogP contribution in [0.1, 0.15) is 76.7 Å². The van der Waals surface area contributed by atoms with Crippen molar-refractivity contribution in [1.29, 1.82) is 0 Å².